The fraction of sp³-hybridized carbons (Fsp3) is 0.846. The first kappa shape index (κ1) is 13.3. The molecule has 2 rings (SSSR count). The van der Waals surface area contributed by atoms with Gasteiger partial charge in [-0.15, -0.1) is 0 Å². The molecule has 0 aromatic rings. The molecule has 1 aliphatic carbocycles. The zero-order valence-electron chi connectivity index (χ0n) is 10.5. The van der Waals surface area contributed by atoms with Crippen LogP contribution in [0.2, 0.25) is 0 Å². The summed E-state index contributed by atoms with van der Waals surface area (Å²) in [5, 5.41) is 18.5. The van der Waals surface area contributed by atoms with Crippen molar-refractivity contribution in [1.29, 1.82) is 0 Å². The number of amides is 1. The summed E-state index contributed by atoms with van der Waals surface area (Å²) in [6.45, 7) is 0.167. The zero-order chi connectivity index (χ0) is 13.1. The van der Waals surface area contributed by atoms with Gasteiger partial charge >= 0.3 is 5.97 Å². The molecule has 2 N–H and O–H groups in total. The van der Waals surface area contributed by atoms with Gasteiger partial charge in [0.25, 0.3) is 0 Å². The first-order valence-electron chi connectivity index (χ1n) is 6.78. The van der Waals surface area contributed by atoms with E-state index in [0.717, 1.165) is 6.42 Å². The Kier molecular flexibility index (Phi) is 4.22. The van der Waals surface area contributed by atoms with Crippen molar-refractivity contribution in [2.24, 2.45) is 5.92 Å². The summed E-state index contributed by atoms with van der Waals surface area (Å²) < 4.78 is 0. The van der Waals surface area contributed by atoms with E-state index >= 15 is 0 Å². The van der Waals surface area contributed by atoms with Gasteiger partial charge in [-0.3, -0.25) is 4.79 Å². The Morgan fingerprint density at radius 2 is 1.89 bits per heavy atom. The lowest BCUT2D eigenvalue weighted by atomic mass is 10.0. The Balaban J connectivity index is 1.85. The standard InChI is InChI=1S/C13H21NO4/c15-10-7-11(13(17)18)14(8-10)12(16)6-5-9-3-1-2-4-9/h9-11,15H,1-8H2,(H,17,18)/t10-,11-/m0/s1. The molecule has 1 saturated carbocycles. The van der Waals surface area contributed by atoms with Crippen molar-refractivity contribution in [3.8, 4) is 0 Å². The molecule has 2 atom stereocenters. The third kappa shape index (κ3) is 3.02. The predicted molar refractivity (Wildman–Crippen MR) is 65.0 cm³/mol. The monoisotopic (exact) mass is 255 g/mol. The molecular formula is C13H21NO4. The highest BCUT2D eigenvalue weighted by Gasteiger charge is 2.38. The molecule has 18 heavy (non-hydrogen) atoms. The van der Waals surface area contributed by atoms with Crippen LogP contribution in [0.3, 0.4) is 0 Å². The maximum absolute atomic E-state index is 12.0. The number of β-amino-alcohol motifs (C(OH)–C–C–N with tert-alkyl or cyclic N) is 1. The van der Waals surface area contributed by atoms with Crippen molar-refractivity contribution < 1.29 is 19.8 Å². The summed E-state index contributed by atoms with van der Waals surface area (Å²) >= 11 is 0. The van der Waals surface area contributed by atoms with Crippen LogP contribution in [0.4, 0.5) is 0 Å². The number of carboxylic acid groups (broad SMARTS) is 1. The third-order valence-corrected chi connectivity index (χ3v) is 4.13. The van der Waals surface area contributed by atoms with Crippen LogP contribution in [-0.2, 0) is 9.59 Å². The van der Waals surface area contributed by atoms with Gasteiger partial charge < -0.3 is 15.1 Å². The van der Waals surface area contributed by atoms with Gasteiger partial charge in [-0.1, -0.05) is 25.7 Å². The Morgan fingerprint density at radius 3 is 2.50 bits per heavy atom. The fourth-order valence-corrected chi connectivity index (χ4v) is 3.09. The predicted octanol–water partition coefficient (Wildman–Crippen LogP) is 1.00. The van der Waals surface area contributed by atoms with E-state index < -0.39 is 18.1 Å². The highest BCUT2D eigenvalue weighted by atomic mass is 16.4. The summed E-state index contributed by atoms with van der Waals surface area (Å²) in [7, 11) is 0. The molecule has 5 heteroatoms. The number of aliphatic hydroxyl groups excluding tert-OH is 1. The molecular weight excluding hydrogens is 234 g/mol. The maximum atomic E-state index is 12.0. The molecule has 1 amide bonds. The van der Waals surface area contributed by atoms with E-state index in [-0.39, 0.29) is 18.9 Å². The largest absolute Gasteiger partial charge is 0.480 e. The first-order chi connectivity index (χ1) is 8.58. The van der Waals surface area contributed by atoms with E-state index in [2.05, 4.69) is 0 Å². The van der Waals surface area contributed by atoms with Crippen molar-refractivity contribution >= 4 is 11.9 Å². The zero-order valence-corrected chi connectivity index (χ0v) is 10.5. The van der Waals surface area contributed by atoms with Crippen LogP contribution in [0.25, 0.3) is 0 Å². The first-order valence-corrected chi connectivity index (χ1v) is 6.78. The van der Waals surface area contributed by atoms with E-state index in [1.54, 1.807) is 0 Å². The van der Waals surface area contributed by atoms with Crippen LogP contribution in [0.5, 0.6) is 0 Å². The molecule has 0 radical (unpaired) electrons. The van der Waals surface area contributed by atoms with Gasteiger partial charge in [0.1, 0.15) is 6.04 Å². The molecule has 1 saturated heterocycles. The molecule has 0 spiro atoms. The molecule has 5 nitrogen and oxygen atoms in total. The number of carbonyl (C=O) groups excluding carboxylic acids is 1. The van der Waals surface area contributed by atoms with Crippen LogP contribution < -0.4 is 0 Å². The number of aliphatic carboxylic acids is 1. The van der Waals surface area contributed by atoms with Crippen LogP contribution in [0.1, 0.15) is 44.9 Å². The number of carboxylic acids is 1. The number of likely N-dealkylation sites (tertiary alicyclic amines) is 1. The summed E-state index contributed by atoms with van der Waals surface area (Å²) in [4.78, 5) is 24.4. The highest BCUT2D eigenvalue weighted by molar-refractivity contribution is 5.84. The Bertz CT molecular complexity index is 325. The summed E-state index contributed by atoms with van der Waals surface area (Å²) in [6, 6.07) is -0.837. The van der Waals surface area contributed by atoms with E-state index in [4.69, 9.17) is 5.11 Å². The lowest BCUT2D eigenvalue weighted by molar-refractivity contribution is -0.148. The van der Waals surface area contributed by atoms with Gasteiger partial charge in [0.2, 0.25) is 5.91 Å². The minimum Gasteiger partial charge on any atom is -0.480 e. The smallest absolute Gasteiger partial charge is 0.326 e. The lowest BCUT2D eigenvalue weighted by Crippen LogP contribution is -2.40. The molecule has 0 aromatic carbocycles. The quantitative estimate of drug-likeness (QED) is 0.785. The Labute approximate surface area is 107 Å². The fourth-order valence-electron chi connectivity index (χ4n) is 3.09. The summed E-state index contributed by atoms with van der Waals surface area (Å²) in [5.41, 5.74) is 0. The second-order valence-corrected chi connectivity index (χ2v) is 5.48. The van der Waals surface area contributed by atoms with Gasteiger partial charge in [-0.2, -0.15) is 0 Å². The SMILES string of the molecule is O=C(O)[C@@H]1C[C@H](O)CN1C(=O)CCC1CCCC1. The minimum atomic E-state index is -1.01. The molecule has 102 valence electrons. The maximum Gasteiger partial charge on any atom is 0.326 e. The topological polar surface area (TPSA) is 77.8 Å². The minimum absolute atomic E-state index is 0.120. The average molecular weight is 255 g/mol. The average Bonchev–Trinajstić information content (AvgIpc) is 2.94. The number of rotatable bonds is 4. The third-order valence-electron chi connectivity index (χ3n) is 4.13. The number of hydrogen-bond acceptors (Lipinski definition) is 3. The summed E-state index contributed by atoms with van der Waals surface area (Å²) in [5.74, 6) is -0.503. The molecule has 0 unspecified atom stereocenters. The van der Waals surface area contributed by atoms with Crippen LogP contribution in [0, 0.1) is 5.92 Å². The molecule has 1 heterocycles. The van der Waals surface area contributed by atoms with E-state index in [1.807, 2.05) is 0 Å². The van der Waals surface area contributed by atoms with Crippen molar-refractivity contribution in [3.63, 3.8) is 0 Å². The van der Waals surface area contributed by atoms with Gasteiger partial charge in [-0.25, -0.2) is 4.79 Å². The number of hydrogen-bond donors (Lipinski definition) is 2. The number of nitrogens with zero attached hydrogens (tertiary/aromatic N) is 1. The van der Waals surface area contributed by atoms with Crippen molar-refractivity contribution in [2.75, 3.05) is 6.54 Å². The van der Waals surface area contributed by atoms with Crippen LogP contribution in [0.15, 0.2) is 0 Å². The van der Waals surface area contributed by atoms with Gasteiger partial charge in [0, 0.05) is 19.4 Å². The molecule has 0 bridgehead atoms. The van der Waals surface area contributed by atoms with Crippen molar-refractivity contribution in [3.05, 3.63) is 0 Å². The second kappa shape index (κ2) is 5.69. The molecule has 2 fully saturated rings. The van der Waals surface area contributed by atoms with E-state index in [9.17, 15) is 14.7 Å². The van der Waals surface area contributed by atoms with Gasteiger partial charge in [0.05, 0.1) is 6.10 Å². The Hall–Kier alpha value is -1.10. The molecule has 0 aromatic heterocycles. The van der Waals surface area contributed by atoms with Crippen LogP contribution in [-0.4, -0.2) is 45.7 Å². The molecule has 2 aliphatic rings. The van der Waals surface area contributed by atoms with Gasteiger partial charge in [0.15, 0.2) is 0 Å². The highest BCUT2D eigenvalue weighted by Crippen LogP contribution is 2.29. The summed E-state index contributed by atoms with van der Waals surface area (Å²) in [6.07, 6.45) is 5.62. The van der Waals surface area contributed by atoms with Crippen molar-refractivity contribution in [1.82, 2.24) is 4.90 Å². The Morgan fingerprint density at radius 1 is 1.22 bits per heavy atom. The number of carbonyl (C=O) groups is 2. The van der Waals surface area contributed by atoms with Crippen LogP contribution >= 0.6 is 0 Å². The van der Waals surface area contributed by atoms with E-state index in [1.165, 1.54) is 30.6 Å². The number of aliphatic hydroxyl groups is 1. The van der Waals surface area contributed by atoms with E-state index in [0.29, 0.717) is 12.3 Å². The lowest BCUT2D eigenvalue weighted by Gasteiger charge is -2.21. The normalized spacial score (nSPS) is 28.8. The second-order valence-electron chi connectivity index (χ2n) is 5.48. The van der Waals surface area contributed by atoms with Gasteiger partial charge in [-0.05, 0) is 12.3 Å². The van der Waals surface area contributed by atoms with Crippen molar-refractivity contribution in [2.45, 2.75) is 57.1 Å². The molecule has 1 aliphatic heterocycles.